The van der Waals surface area contributed by atoms with E-state index in [2.05, 4.69) is 31.0 Å². The summed E-state index contributed by atoms with van der Waals surface area (Å²) >= 11 is 1.79. The molecule has 0 aliphatic rings. The Kier molecular flexibility index (Phi) is 3.65. The van der Waals surface area contributed by atoms with Gasteiger partial charge >= 0.3 is 0 Å². The van der Waals surface area contributed by atoms with E-state index in [1.807, 2.05) is 0 Å². The van der Waals surface area contributed by atoms with E-state index in [9.17, 15) is 0 Å². The van der Waals surface area contributed by atoms with Gasteiger partial charge in [0.25, 0.3) is 0 Å². The Bertz CT molecular complexity index is 175. The molecule has 0 N–H and O–H groups in total. The SMILES string of the molecule is Cc1sc[n+](C)c1C.[I-]. The van der Waals surface area contributed by atoms with Crippen molar-refractivity contribution >= 4 is 11.3 Å². The third kappa shape index (κ3) is 1.89. The van der Waals surface area contributed by atoms with E-state index in [1.54, 1.807) is 11.3 Å². The van der Waals surface area contributed by atoms with E-state index in [0.717, 1.165) is 0 Å². The molecular formula is C6H10INS. The molecule has 0 aromatic carbocycles. The Morgan fingerprint density at radius 2 is 2.00 bits per heavy atom. The molecule has 3 heteroatoms. The summed E-state index contributed by atoms with van der Waals surface area (Å²) in [6, 6.07) is 0. The van der Waals surface area contributed by atoms with Crippen LogP contribution in [-0.2, 0) is 7.05 Å². The maximum atomic E-state index is 2.14. The molecule has 9 heavy (non-hydrogen) atoms. The van der Waals surface area contributed by atoms with E-state index in [4.69, 9.17) is 0 Å². The molecule has 1 aromatic rings. The van der Waals surface area contributed by atoms with Crippen molar-refractivity contribution in [2.45, 2.75) is 13.8 Å². The molecule has 0 saturated heterocycles. The molecule has 1 aromatic heterocycles. The highest BCUT2D eigenvalue weighted by atomic mass is 127. The largest absolute Gasteiger partial charge is 1.00 e. The van der Waals surface area contributed by atoms with E-state index in [1.165, 1.54) is 10.6 Å². The number of aromatic nitrogens is 1. The van der Waals surface area contributed by atoms with E-state index in [0.29, 0.717) is 0 Å². The number of nitrogens with zero attached hydrogens (tertiary/aromatic N) is 1. The van der Waals surface area contributed by atoms with Crippen LogP contribution in [0.15, 0.2) is 5.51 Å². The molecule has 0 unspecified atom stereocenters. The van der Waals surface area contributed by atoms with E-state index in [-0.39, 0.29) is 24.0 Å². The molecule has 0 radical (unpaired) electrons. The van der Waals surface area contributed by atoms with Crippen molar-refractivity contribution in [1.29, 1.82) is 0 Å². The minimum atomic E-state index is 0. The second kappa shape index (κ2) is 3.51. The quantitative estimate of drug-likeness (QED) is 0.380. The van der Waals surface area contributed by atoms with Gasteiger partial charge in [-0.05, 0) is 6.92 Å². The fourth-order valence-electron chi connectivity index (χ4n) is 0.571. The van der Waals surface area contributed by atoms with Gasteiger partial charge in [0, 0.05) is 6.92 Å². The number of hydrogen-bond donors (Lipinski definition) is 0. The summed E-state index contributed by atoms with van der Waals surface area (Å²) in [5.74, 6) is 0. The summed E-state index contributed by atoms with van der Waals surface area (Å²) in [5, 5.41) is 0. The summed E-state index contributed by atoms with van der Waals surface area (Å²) in [4.78, 5) is 1.41. The van der Waals surface area contributed by atoms with Crippen LogP contribution in [0.4, 0.5) is 0 Å². The highest BCUT2D eigenvalue weighted by Gasteiger charge is 2.04. The smallest absolute Gasteiger partial charge is 0.224 e. The van der Waals surface area contributed by atoms with Crippen molar-refractivity contribution in [3.63, 3.8) is 0 Å². The lowest BCUT2D eigenvalue weighted by atomic mass is 10.4. The first-order valence-corrected chi connectivity index (χ1v) is 3.50. The van der Waals surface area contributed by atoms with Gasteiger partial charge in [-0.25, -0.2) is 0 Å². The van der Waals surface area contributed by atoms with Gasteiger partial charge in [-0.15, -0.1) is 0 Å². The molecule has 0 aliphatic heterocycles. The van der Waals surface area contributed by atoms with Crippen LogP contribution in [0.5, 0.6) is 0 Å². The Morgan fingerprint density at radius 1 is 1.44 bits per heavy atom. The van der Waals surface area contributed by atoms with Crippen LogP contribution in [0.1, 0.15) is 10.6 Å². The Balaban J connectivity index is 0.000000640. The Hall–Kier alpha value is 0.360. The van der Waals surface area contributed by atoms with Crippen molar-refractivity contribution < 1.29 is 28.5 Å². The van der Waals surface area contributed by atoms with Crippen LogP contribution in [0.25, 0.3) is 0 Å². The maximum absolute atomic E-state index is 2.14. The number of thiazole rings is 1. The van der Waals surface area contributed by atoms with Gasteiger partial charge in [0.05, 0.1) is 4.88 Å². The number of rotatable bonds is 0. The molecule has 1 rings (SSSR count). The molecule has 1 heterocycles. The second-order valence-electron chi connectivity index (χ2n) is 1.98. The van der Waals surface area contributed by atoms with Crippen LogP contribution >= 0.6 is 11.3 Å². The molecule has 1 nitrogen and oxygen atoms in total. The lowest BCUT2D eigenvalue weighted by Crippen LogP contribution is -3.00. The summed E-state index contributed by atoms with van der Waals surface area (Å²) in [5.41, 5.74) is 3.49. The number of aryl methyl sites for hydroxylation is 2. The zero-order valence-electron chi connectivity index (χ0n) is 5.81. The number of hydrogen-bond acceptors (Lipinski definition) is 1. The standard InChI is InChI=1S/C6H10NS.HI/c1-5-6(2)8-4-7(5)3;/h4H,1-3H3;1H/q+1;/p-1. The molecule has 0 fully saturated rings. The van der Waals surface area contributed by atoms with Crippen LogP contribution in [0.2, 0.25) is 0 Å². The predicted octanol–water partition coefficient (Wildman–Crippen LogP) is -1.81. The van der Waals surface area contributed by atoms with Crippen molar-refractivity contribution in [1.82, 2.24) is 0 Å². The van der Waals surface area contributed by atoms with Gasteiger partial charge in [0.1, 0.15) is 7.05 Å². The Labute approximate surface area is 76.7 Å². The molecule has 0 spiro atoms. The van der Waals surface area contributed by atoms with Gasteiger partial charge in [0.2, 0.25) is 5.51 Å². The lowest BCUT2D eigenvalue weighted by molar-refractivity contribution is -0.672. The predicted molar refractivity (Wildman–Crippen MR) is 35.0 cm³/mol. The summed E-state index contributed by atoms with van der Waals surface area (Å²) < 4.78 is 2.14. The van der Waals surface area contributed by atoms with Crippen molar-refractivity contribution in [2.75, 3.05) is 0 Å². The fourth-order valence-corrected chi connectivity index (χ4v) is 1.36. The summed E-state index contributed by atoms with van der Waals surface area (Å²) in [7, 11) is 2.07. The first-order valence-electron chi connectivity index (χ1n) is 2.62. The van der Waals surface area contributed by atoms with Crippen LogP contribution in [0.3, 0.4) is 0 Å². The first-order chi connectivity index (χ1) is 3.72. The third-order valence-corrected chi connectivity index (χ3v) is 2.50. The van der Waals surface area contributed by atoms with Gasteiger partial charge < -0.3 is 24.0 Å². The normalized spacial score (nSPS) is 8.78. The molecule has 0 aliphatic carbocycles. The first kappa shape index (κ1) is 9.36. The average molecular weight is 255 g/mol. The number of halogens is 1. The monoisotopic (exact) mass is 255 g/mol. The van der Waals surface area contributed by atoms with Gasteiger partial charge in [-0.3, -0.25) is 0 Å². The zero-order valence-corrected chi connectivity index (χ0v) is 8.78. The van der Waals surface area contributed by atoms with Crippen LogP contribution in [0, 0.1) is 13.8 Å². The van der Waals surface area contributed by atoms with Gasteiger partial charge in [-0.2, -0.15) is 4.57 Å². The molecule has 0 saturated carbocycles. The molecule has 52 valence electrons. The third-order valence-electron chi connectivity index (χ3n) is 1.43. The average Bonchev–Trinajstić information content (AvgIpc) is 1.98. The minimum absolute atomic E-state index is 0. The van der Waals surface area contributed by atoms with Crippen molar-refractivity contribution in [2.24, 2.45) is 7.05 Å². The molecule has 0 atom stereocenters. The van der Waals surface area contributed by atoms with E-state index >= 15 is 0 Å². The second-order valence-corrected chi connectivity index (χ2v) is 3.03. The molecule has 0 amide bonds. The maximum Gasteiger partial charge on any atom is 0.224 e. The van der Waals surface area contributed by atoms with Crippen molar-refractivity contribution in [3.05, 3.63) is 16.1 Å². The summed E-state index contributed by atoms with van der Waals surface area (Å²) in [6.45, 7) is 4.27. The van der Waals surface area contributed by atoms with Crippen molar-refractivity contribution in [3.8, 4) is 0 Å². The topological polar surface area (TPSA) is 3.88 Å². The van der Waals surface area contributed by atoms with Crippen LogP contribution < -0.4 is 28.5 Å². The lowest BCUT2D eigenvalue weighted by Gasteiger charge is -1.79. The van der Waals surface area contributed by atoms with Gasteiger partial charge in [0.15, 0.2) is 5.69 Å². The Morgan fingerprint density at radius 3 is 2.11 bits per heavy atom. The fraction of sp³-hybridized carbons (Fsp3) is 0.500. The van der Waals surface area contributed by atoms with Crippen LogP contribution in [-0.4, -0.2) is 0 Å². The highest BCUT2D eigenvalue weighted by Crippen LogP contribution is 2.05. The van der Waals surface area contributed by atoms with E-state index < -0.39 is 0 Å². The van der Waals surface area contributed by atoms with Gasteiger partial charge in [-0.1, -0.05) is 11.3 Å². The molecule has 0 bridgehead atoms. The molecular weight excluding hydrogens is 245 g/mol. The summed E-state index contributed by atoms with van der Waals surface area (Å²) in [6.07, 6.45) is 0. The highest BCUT2D eigenvalue weighted by molar-refractivity contribution is 7.09. The minimum Gasteiger partial charge on any atom is -1.00 e. The zero-order chi connectivity index (χ0) is 6.15.